The van der Waals surface area contributed by atoms with Gasteiger partial charge in [-0.3, -0.25) is 19.3 Å². The van der Waals surface area contributed by atoms with Crippen molar-refractivity contribution in [2.24, 2.45) is 0 Å². The van der Waals surface area contributed by atoms with Crippen LogP contribution in [-0.4, -0.2) is 53.1 Å². The maximum atomic E-state index is 12.5. The van der Waals surface area contributed by atoms with Gasteiger partial charge in [0.1, 0.15) is 5.78 Å². The van der Waals surface area contributed by atoms with Gasteiger partial charge in [-0.1, -0.05) is 64.7 Å². The number of Topliss-reactive ketones (excluding diaryl/α,β-unsaturated/α-hetero) is 1. The summed E-state index contributed by atoms with van der Waals surface area (Å²) in [6.45, 7) is 4.33. The van der Waals surface area contributed by atoms with Crippen LogP contribution >= 0.6 is 11.8 Å². The molecule has 1 aliphatic rings. The van der Waals surface area contributed by atoms with E-state index in [0.29, 0.717) is 12.3 Å². The largest absolute Gasteiger partial charge is 0.310 e. The molecule has 0 aliphatic carbocycles. The van der Waals surface area contributed by atoms with E-state index in [2.05, 4.69) is 12.2 Å². The van der Waals surface area contributed by atoms with E-state index in [1.54, 1.807) is 14.0 Å². The minimum atomic E-state index is -0.323. The van der Waals surface area contributed by atoms with E-state index in [1.165, 1.54) is 68.0 Å². The number of nitrogens with one attached hydrogen (secondary N) is 1. The summed E-state index contributed by atoms with van der Waals surface area (Å²) in [6, 6.07) is -0.256. The molecule has 0 saturated carbocycles. The van der Waals surface area contributed by atoms with Crippen molar-refractivity contribution >= 4 is 29.4 Å². The van der Waals surface area contributed by atoms with Gasteiger partial charge in [-0.25, -0.2) is 0 Å². The smallest absolute Gasteiger partial charge is 0.242 e. The zero-order valence-corrected chi connectivity index (χ0v) is 18.2. The van der Waals surface area contributed by atoms with E-state index in [0.717, 1.165) is 12.8 Å². The van der Waals surface area contributed by atoms with E-state index in [1.807, 2.05) is 0 Å². The van der Waals surface area contributed by atoms with Gasteiger partial charge in [0.05, 0.1) is 11.3 Å². The second-order valence-corrected chi connectivity index (χ2v) is 8.78. The van der Waals surface area contributed by atoms with Crippen molar-refractivity contribution in [2.45, 2.75) is 95.8 Å². The van der Waals surface area contributed by atoms with Crippen molar-refractivity contribution in [3.63, 3.8) is 0 Å². The molecule has 1 saturated heterocycles. The van der Waals surface area contributed by atoms with Crippen LogP contribution in [0.15, 0.2) is 0 Å². The topological polar surface area (TPSA) is 66.5 Å². The lowest BCUT2D eigenvalue weighted by Gasteiger charge is -2.16. The first kappa shape index (κ1) is 24.2. The number of amides is 2. The molecule has 1 N–H and O–H groups in total. The number of carbonyl (C=O) groups is 3. The minimum absolute atomic E-state index is 0.0581. The zero-order chi connectivity index (χ0) is 20.1. The number of likely N-dealkylation sites (N-methyl/N-ethyl adjacent to an activating group) is 1. The predicted octanol–water partition coefficient (Wildman–Crippen LogP) is 3.95. The number of nitrogens with zero attached hydrogens (tertiary/aromatic N) is 1. The summed E-state index contributed by atoms with van der Waals surface area (Å²) in [4.78, 5) is 37.5. The fraction of sp³-hybridized carbons (Fsp3) is 0.857. The van der Waals surface area contributed by atoms with E-state index in [-0.39, 0.29) is 35.3 Å². The summed E-state index contributed by atoms with van der Waals surface area (Å²) in [6.07, 6.45) is 12.7. The van der Waals surface area contributed by atoms with Gasteiger partial charge in [0, 0.05) is 18.7 Å². The molecule has 1 aliphatic heterocycles. The molecule has 0 aromatic heterocycles. The highest BCUT2D eigenvalue weighted by atomic mass is 32.2. The number of unbranched alkanes of at least 4 members (excludes halogenated alkanes) is 9. The predicted molar refractivity (Wildman–Crippen MR) is 113 cm³/mol. The Morgan fingerprint density at radius 2 is 1.63 bits per heavy atom. The summed E-state index contributed by atoms with van der Waals surface area (Å²) in [5.74, 6) is 0.460. The van der Waals surface area contributed by atoms with Gasteiger partial charge in [-0.2, -0.15) is 0 Å². The van der Waals surface area contributed by atoms with Crippen LogP contribution in [-0.2, 0) is 14.4 Å². The van der Waals surface area contributed by atoms with Crippen LogP contribution in [0, 0.1) is 0 Å². The van der Waals surface area contributed by atoms with Crippen molar-refractivity contribution in [3.05, 3.63) is 0 Å². The number of rotatable bonds is 16. The Kier molecular flexibility index (Phi) is 12.7. The first-order valence-electron chi connectivity index (χ1n) is 10.6. The lowest BCUT2D eigenvalue weighted by atomic mass is 10.1. The Morgan fingerprint density at radius 1 is 1.07 bits per heavy atom. The third-order valence-electron chi connectivity index (χ3n) is 5.24. The first-order valence-corrected chi connectivity index (χ1v) is 11.7. The van der Waals surface area contributed by atoms with Gasteiger partial charge in [-0.15, -0.1) is 11.8 Å². The lowest BCUT2D eigenvalue weighted by Crippen LogP contribution is -2.36. The van der Waals surface area contributed by atoms with Gasteiger partial charge >= 0.3 is 0 Å². The molecule has 0 aromatic rings. The number of ketones is 1. The molecule has 2 unspecified atom stereocenters. The maximum absolute atomic E-state index is 12.5. The fourth-order valence-corrected chi connectivity index (χ4v) is 4.75. The van der Waals surface area contributed by atoms with Crippen molar-refractivity contribution in [1.29, 1.82) is 0 Å². The molecule has 156 valence electrons. The summed E-state index contributed by atoms with van der Waals surface area (Å²) in [5.41, 5.74) is 0. The molecule has 27 heavy (non-hydrogen) atoms. The fourth-order valence-electron chi connectivity index (χ4n) is 3.39. The quantitative estimate of drug-likeness (QED) is 0.315. The second-order valence-electron chi connectivity index (χ2n) is 7.54. The van der Waals surface area contributed by atoms with Crippen molar-refractivity contribution in [1.82, 2.24) is 10.2 Å². The summed E-state index contributed by atoms with van der Waals surface area (Å²) >= 11 is 1.42. The molecule has 1 rings (SSSR count). The number of hydrogen-bond donors (Lipinski definition) is 1. The van der Waals surface area contributed by atoms with E-state index >= 15 is 0 Å². The van der Waals surface area contributed by atoms with Gasteiger partial charge in [0.25, 0.3) is 0 Å². The van der Waals surface area contributed by atoms with Gasteiger partial charge in [0.2, 0.25) is 11.8 Å². The molecule has 0 spiro atoms. The third kappa shape index (κ3) is 9.24. The summed E-state index contributed by atoms with van der Waals surface area (Å²) in [5, 5.41) is 2.63. The number of hydrogen-bond acceptors (Lipinski definition) is 5. The average Bonchev–Trinajstić information content (AvgIpc) is 2.90. The summed E-state index contributed by atoms with van der Waals surface area (Å²) < 4.78 is 0. The molecular weight excluding hydrogens is 360 g/mol. The molecule has 2 atom stereocenters. The third-order valence-corrected chi connectivity index (χ3v) is 6.54. The Hall–Kier alpha value is -0.880. The Bertz CT molecular complexity index is 470. The van der Waals surface area contributed by atoms with E-state index in [4.69, 9.17) is 0 Å². The molecule has 0 radical (unpaired) electrons. The summed E-state index contributed by atoms with van der Waals surface area (Å²) in [7, 11) is 1.74. The Morgan fingerprint density at radius 3 is 2.15 bits per heavy atom. The molecule has 2 amide bonds. The van der Waals surface area contributed by atoms with Crippen LogP contribution in [0.25, 0.3) is 0 Å². The standard InChI is InChI=1S/C21H38N2O3S/c1-4-5-6-7-8-9-10-11-12-13-14-23-20(25)15-19(21(23)26)27-16-18(22-3)17(2)24/h18-19,22H,4-16H2,1-3H3. The average molecular weight is 399 g/mol. The molecule has 1 heterocycles. The number of carbonyl (C=O) groups excluding carboxylic acids is 3. The van der Waals surface area contributed by atoms with Crippen LogP contribution in [0.1, 0.15) is 84.5 Å². The van der Waals surface area contributed by atoms with E-state index < -0.39 is 0 Å². The van der Waals surface area contributed by atoms with Gasteiger partial charge in [0.15, 0.2) is 0 Å². The normalized spacial score (nSPS) is 18.3. The second kappa shape index (κ2) is 14.2. The van der Waals surface area contributed by atoms with Gasteiger partial charge < -0.3 is 5.32 Å². The van der Waals surface area contributed by atoms with Crippen molar-refractivity contribution in [2.75, 3.05) is 19.3 Å². The lowest BCUT2D eigenvalue weighted by molar-refractivity contribution is -0.138. The number of thioether (sulfide) groups is 1. The highest BCUT2D eigenvalue weighted by molar-refractivity contribution is 8.00. The van der Waals surface area contributed by atoms with Gasteiger partial charge in [-0.05, 0) is 20.4 Å². The van der Waals surface area contributed by atoms with Crippen molar-refractivity contribution < 1.29 is 14.4 Å². The van der Waals surface area contributed by atoms with Crippen LogP contribution in [0.2, 0.25) is 0 Å². The number of imide groups is 1. The zero-order valence-electron chi connectivity index (χ0n) is 17.4. The molecule has 1 fully saturated rings. The minimum Gasteiger partial charge on any atom is -0.310 e. The Labute approximate surface area is 169 Å². The molecule has 0 aromatic carbocycles. The molecule has 6 heteroatoms. The SMILES string of the molecule is CCCCCCCCCCCCN1C(=O)CC(SCC(NC)C(C)=O)C1=O. The maximum Gasteiger partial charge on any atom is 0.242 e. The number of likely N-dealkylation sites (tertiary alicyclic amines) is 1. The van der Waals surface area contributed by atoms with Crippen molar-refractivity contribution in [3.8, 4) is 0 Å². The molecule has 5 nitrogen and oxygen atoms in total. The van der Waals surface area contributed by atoms with Crippen LogP contribution in [0.4, 0.5) is 0 Å². The highest BCUT2D eigenvalue weighted by Crippen LogP contribution is 2.26. The molecule has 0 bridgehead atoms. The molecular formula is C21H38N2O3S. The van der Waals surface area contributed by atoms with Crippen LogP contribution < -0.4 is 5.32 Å². The van der Waals surface area contributed by atoms with Crippen LogP contribution in [0.3, 0.4) is 0 Å². The van der Waals surface area contributed by atoms with E-state index in [9.17, 15) is 14.4 Å². The monoisotopic (exact) mass is 398 g/mol. The highest BCUT2D eigenvalue weighted by Gasteiger charge is 2.38. The Balaban J connectivity index is 2.16. The first-order chi connectivity index (χ1) is 13.0. The van der Waals surface area contributed by atoms with Crippen LogP contribution in [0.5, 0.6) is 0 Å².